The first-order valence-corrected chi connectivity index (χ1v) is 5.94. The molecule has 2 N–H and O–H groups in total. The second-order valence-electron chi connectivity index (χ2n) is 4.74. The molecule has 3 atom stereocenters. The lowest BCUT2D eigenvalue weighted by molar-refractivity contribution is 0.0895. The summed E-state index contributed by atoms with van der Waals surface area (Å²) in [5.41, 5.74) is 7.11. The molecule has 1 aliphatic rings. The lowest BCUT2D eigenvalue weighted by Crippen LogP contribution is -2.51. The average Bonchev–Trinajstić information content (AvgIpc) is 2.31. The van der Waals surface area contributed by atoms with E-state index >= 15 is 0 Å². The van der Waals surface area contributed by atoms with Crippen LogP contribution < -0.4 is 5.73 Å². The maximum atomic E-state index is 6.07. The summed E-state index contributed by atoms with van der Waals surface area (Å²) in [6.45, 7) is 6.42. The van der Waals surface area contributed by atoms with E-state index < -0.39 is 0 Å². The van der Waals surface area contributed by atoms with Crippen molar-refractivity contribution in [3.8, 4) is 0 Å². The van der Waals surface area contributed by atoms with Crippen molar-refractivity contribution in [3.05, 3.63) is 24.0 Å². The van der Waals surface area contributed by atoms with E-state index in [4.69, 9.17) is 5.73 Å². The van der Waals surface area contributed by atoms with Crippen molar-refractivity contribution in [3.63, 3.8) is 0 Å². The van der Waals surface area contributed by atoms with Gasteiger partial charge in [-0.25, -0.2) is 0 Å². The Labute approximate surface area is 96.9 Å². The zero-order chi connectivity index (χ0) is 11.5. The third kappa shape index (κ3) is 2.39. The lowest BCUT2D eigenvalue weighted by Gasteiger charge is -2.41. The van der Waals surface area contributed by atoms with E-state index in [1.807, 2.05) is 12.1 Å². The molecule has 0 bridgehead atoms. The van der Waals surface area contributed by atoms with Gasteiger partial charge in [0.25, 0.3) is 0 Å². The van der Waals surface area contributed by atoms with Gasteiger partial charge in [0.05, 0.1) is 5.69 Å². The smallest absolute Gasteiger partial charge is 0.0771 e. The van der Waals surface area contributed by atoms with Gasteiger partial charge in [0.1, 0.15) is 0 Å². The van der Waals surface area contributed by atoms with E-state index in [0.717, 1.165) is 25.2 Å². The normalized spacial score (nSPS) is 31.6. The summed E-state index contributed by atoms with van der Waals surface area (Å²) in [4.78, 5) is 2.44. The first-order valence-electron chi connectivity index (χ1n) is 5.94. The molecule has 2 rings (SSSR count). The van der Waals surface area contributed by atoms with Gasteiger partial charge in [-0.1, -0.05) is 6.92 Å². The Morgan fingerprint density at radius 3 is 3.00 bits per heavy atom. The van der Waals surface area contributed by atoms with Gasteiger partial charge in [-0.2, -0.15) is 10.2 Å². The Morgan fingerprint density at radius 1 is 1.50 bits per heavy atom. The topological polar surface area (TPSA) is 55.0 Å². The third-order valence-corrected chi connectivity index (χ3v) is 3.75. The van der Waals surface area contributed by atoms with E-state index in [2.05, 4.69) is 28.9 Å². The Hall–Kier alpha value is -1.00. The van der Waals surface area contributed by atoms with Gasteiger partial charge in [0.2, 0.25) is 0 Å². The molecule has 1 fully saturated rings. The van der Waals surface area contributed by atoms with Crippen LogP contribution in [0.4, 0.5) is 0 Å². The maximum absolute atomic E-state index is 6.07. The van der Waals surface area contributed by atoms with Crippen LogP contribution in [0.2, 0.25) is 0 Å². The Bertz CT molecular complexity index is 327. The molecule has 0 amide bonds. The van der Waals surface area contributed by atoms with Crippen LogP contribution in [0, 0.1) is 5.92 Å². The number of hydrogen-bond acceptors (Lipinski definition) is 4. The molecule has 1 aromatic rings. The molecule has 3 unspecified atom stereocenters. The Morgan fingerprint density at radius 2 is 2.31 bits per heavy atom. The predicted molar refractivity (Wildman–Crippen MR) is 63.7 cm³/mol. The van der Waals surface area contributed by atoms with Crippen LogP contribution in [-0.4, -0.2) is 33.7 Å². The molecule has 1 aromatic heterocycles. The summed E-state index contributed by atoms with van der Waals surface area (Å²) in [5, 5.41) is 8.04. The summed E-state index contributed by atoms with van der Waals surface area (Å²) in [7, 11) is 0. The summed E-state index contributed by atoms with van der Waals surface area (Å²) >= 11 is 0. The highest BCUT2D eigenvalue weighted by Crippen LogP contribution is 2.23. The number of aromatic nitrogens is 2. The molecule has 1 aliphatic heterocycles. The highest BCUT2D eigenvalue weighted by molar-refractivity contribution is 5.00. The van der Waals surface area contributed by atoms with Gasteiger partial charge in [-0.3, -0.25) is 4.90 Å². The Kier molecular flexibility index (Phi) is 3.51. The van der Waals surface area contributed by atoms with Gasteiger partial charge < -0.3 is 5.73 Å². The van der Waals surface area contributed by atoms with Crippen molar-refractivity contribution >= 4 is 0 Å². The number of likely N-dealkylation sites (tertiary alicyclic amines) is 1. The van der Waals surface area contributed by atoms with Crippen molar-refractivity contribution < 1.29 is 0 Å². The van der Waals surface area contributed by atoms with Crippen LogP contribution in [-0.2, 0) is 6.54 Å². The highest BCUT2D eigenvalue weighted by atomic mass is 15.2. The summed E-state index contributed by atoms with van der Waals surface area (Å²) in [6, 6.07) is 4.82. The quantitative estimate of drug-likeness (QED) is 0.809. The molecule has 88 valence electrons. The molecular weight excluding hydrogens is 200 g/mol. The third-order valence-electron chi connectivity index (χ3n) is 3.75. The van der Waals surface area contributed by atoms with Crippen molar-refractivity contribution in [1.82, 2.24) is 15.1 Å². The molecule has 0 saturated carbocycles. The van der Waals surface area contributed by atoms with E-state index in [-0.39, 0.29) is 0 Å². The molecule has 0 aromatic carbocycles. The molecule has 0 radical (unpaired) electrons. The fraction of sp³-hybridized carbons (Fsp3) is 0.667. The lowest BCUT2D eigenvalue weighted by atomic mass is 9.87. The molecular formula is C12H20N4. The van der Waals surface area contributed by atoms with Crippen LogP contribution in [0.1, 0.15) is 26.0 Å². The average molecular weight is 220 g/mol. The SMILES string of the molecule is CC1C(N)CCN(Cc2cccnn2)C1C. The summed E-state index contributed by atoms with van der Waals surface area (Å²) in [6.07, 6.45) is 2.79. The van der Waals surface area contributed by atoms with Gasteiger partial charge >= 0.3 is 0 Å². The molecule has 2 heterocycles. The van der Waals surface area contributed by atoms with Crippen molar-refractivity contribution in [2.45, 2.75) is 38.9 Å². The van der Waals surface area contributed by atoms with Crippen LogP contribution in [0.5, 0.6) is 0 Å². The van der Waals surface area contributed by atoms with Crippen molar-refractivity contribution in [2.75, 3.05) is 6.54 Å². The number of piperidine rings is 1. The summed E-state index contributed by atoms with van der Waals surface area (Å²) in [5.74, 6) is 0.547. The van der Waals surface area contributed by atoms with Crippen LogP contribution in [0.25, 0.3) is 0 Å². The van der Waals surface area contributed by atoms with Gasteiger partial charge in [-0.05, 0) is 31.4 Å². The van der Waals surface area contributed by atoms with Gasteiger partial charge in [-0.15, -0.1) is 0 Å². The molecule has 0 aliphatic carbocycles. The van der Waals surface area contributed by atoms with E-state index in [1.165, 1.54) is 0 Å². The standard InChI is InChI=1S/C12H20N4/c1-9-10(2)16(7-5-12(9)13)8-11-4-3-6-14-15-11/h3-4,6,9-10,12H,5,7-8,13H2,1-2H3. The molecule has 0 spiro atoms. The molecule has 4 heteroatoms. The fourth-order valence-corrected chi connectivity index (χ4v) is 2.32. The second kappa shape index (κ2) is 4.89. The Balaban J connectivity index is 2.00. The minimum atomic E-state index is 0.341. The first kappa shape index (κ1) is 11.5. The first-order chi connectivity index (χ1) is 7.68. The van der Waals surface area contributed by atoms with Gasteiger partial charge in [0.15, 0.2) is 0 Å². The van der Waals surface area contributed by atoms with Crippen LogP contribution >= 0.6 is 0 Å². The highest BCUT2D eigenvalue weighted by Gasteiger charge is 2.30. The maximum Gasteiger partial charge on any atom is 0.0771 e. The number of hydrogen-bond donors (Lipinski definition) is 1. The minimum absolute atomic E-state index is 0.341. The number of nitrogens with zero attached hydrogens (tertiary/aromatic N) is 3. The second-order valence-corrected chi connectivity index (χ2v) is 4.74. The monoisotopic (exact) mass is 220 g/mol. The zero-order valence-electron chi connectivity index (χ0n) is 10.0. The van der Waals surface area contributed by atoms with Crippen LogP contribution in [0.3, 0.4) is 0 Å². The molecule has 16 heavy (non-hydrogen) atoms. The number of rotatable bonds is 2. The predicted octanol–water partition coefficient (Wildman–Crippen LogP) is 1.03. The largest absolute Gasteiger partial charge is 0.327 e. The van der Waals surface area contributed by atoms with Crippen LogP contribution in [0.15, 0.2) is 18.3 Å². The zero-order valence-corrected chi connectivity index (χ0v) is 10.0. The van der Waals surface area contributed by atoms with Gasteiger partial charge in [0, 0.05) is 31.4 Å². The minimum Gasteiger partial charge on any atom is -0.327 e. The fourth-order valence-electron chi connectivity index (χ4n) is 2.32. The van der Waals surface area contributed by atoms with E-state index in [9.17, 15) is 0 Å². The van der Waals surface area contributed by atoms with Crippen molar-refractivity contribution in [2.24, 2.45) is 11.7 Å². The van der Waals surface area contributed by atoms with E-state index in [0.29, 0.717) is 18.0 Å². The molecule has 1 saturated heterocycles. The summed E-state index contributed by atoms with van der Waals surface area (Å²) < 4.78 is 0. The van der Waals surface area contributed by atoms with E-state index in [1.54, 1.807) is 6.20 Å². The van der Waals surface area contributed by atoms with Crippen molar-refractivity contribution in [1.29, 1.82) is 0 Å². The molecule has 4 nitrogen and oxygen atoms in total. The number of nitrogens with two attached hydrogens (primary N) is 1.